The van der Waals surface area contributed by atoms with Gasteiger partial charge >= 0.3 is 30.1 Å². The molecule has 0 N–H and O–H groups in total. The molecule has 1 fully saturated rings. The lowest BCUT2D eigenvalue weighted by atomic mass is 10.1. The van der Waals surface area contributed by atoms with Crippen molar-refractivity contribution in [2.45, 2.75) is 91.4 Å². The molecule has 3 aromatic carbocycles. The first-order valence-corrected chi connectivity index (χ1v) is 20.6. The van der Waals surface area contributed by atoms with Crippen molar-refractivity contribution in [1.82, 2.24) is 19.6 Å². The van der Waals surface area contributed by atoms with Crippen LogP contribution in [0.3, 0.4) is 0 Å². The van der Waals surface area contributed by atoms with E-state index in [4.69, 9.17) is 23.7 Å². The maximum Gasteiger partial charge on any atom is 0.410 e. The molecular formula is C46H62N4O10. The van der Waals surface area contributed by atoms with Crippen molar-refractivity contribution in [3.8, 4) is 0 Å². The van der Waals surface area contributed by atoms with E-state index >= 15 is 0 Å². The minimum Gasteiger partial charge on any atom is -0.461 e. The molecule has 0 spiro atoms. The zero-order valence-corrected chi connectivity index (χ0v) is 36.0. The highest BCUT2D eigenvalue weighted by Crippen LogP contribution is 2.18. The third-order valence-corrected chi connectivity index (χ3v) is 9.37. The topological polar surface area (TPSA) is 144 Å². The lowest BCUT2D eigenvalue weighted by Crippen LogP contribution is -2.53. The lowest BCUT2D eigenvalue weighted by molar-refractivity contribution is -0.162. The minimum absolute atomic E-state index is 0.0488. The first kappa shape index (κ1) is 47.2. The number of nitrogens with zero attached hydrogens (tertiary/aromatic N) is 4. The second kappa shape index (κ2) is 23.4. The highest BCUT2D eigenvalue weighted by atomic mass is 16.6. The van der Waals surface area contributed by atoms with Crippen LogP contribution in [0.4, 0.5) is 9.59 Å². The quantitative estimate of drug-likeness (QED) is 0.138. The summed E-state index contributed by atoms with van der Waals surface area (Å²) in [5, 5.41) is 0. The van der Waals surface area contributed by atoms with Crippen LogP contribution < -0.4 is 0 Å². The fourth-order valence-corrected chi connectivity index (χ4v) is 6.37. The summed E-state index contributed by atoms with van der Waals surface area (Å²) in [6.07, 6.45) is -1.17. The van der Waals surface area contributed by atoms with Crippen LogP contribution >= 0.6 is 0 Å². The van der Waals surface area contributed by atoms with E-state index < -0.39 is 47.3 Å². The van der Waals surface area contributed by atoms with Crippen molar-refractivity contribution >= 4 is 30.1 Å². The highest BCUT2D eigenvalue weighted by molar-refractivity contribution is 5.78. The molecule has 14 nitrogen and oxygen atoms in total. The molecule has 0 aromatic heterocycles. The molecule has 0 aliphatic carbocycles. The van der Waals surface area contributed by atoms with E-state index in [2.05, 4.69) is 0 Å². The zero-order valence-electron chi connectivity index (χ0n) is 36.0. The van der Waals surface area contributed by atoms with Gasteiger partial charge in [0.1, 0.15) is 37.1 Å². The van der Waals surface area contributed by atoms with Gasteiger partial charge in [0.05, 0.1) is 6.54 Å². The largest absolute Gasteiger partial charge is 0.461 e. The van der Waals surface area contributed by atoms with Crippen LogP contribution in [0.5, 0.6) is 0 Å². The van der Waals surface area contributed by atoms with E-state index in [1.807, 2.05) is 101 Å². The number of carbonyl (C=O) groups is 5. The molecule has 0 bridgehead atoms. The minimum atomic E-state index is -0.940. The zero-order chi connectivity index (χ0) is 43.5. The molecule has 3 aromatic rings. The van der Waals surface area contributed by atoms with Gasteiger partial charge in [-0.05, 0) is 64.7 Å². The molecule has 1 unspecified atom stereocenters. The van der Waals surface area contributed by atoms with E-state index in [0.717, 1.165) is 16.7 Å². The number of hydrogen-bond donors (Lipinski definition) is 0. The molecule has 14 heteroatoms. The van der Waals surface area contributed by atoms with Gasteiger partial charge in [-0.25, -0.2) is 9.59 Å². The Morgan fingerprint density at radius 2 is 0.917 bits per heavy atom. The molecule has 1 saturated heterocycles. The van der Waals surface area contributed by atoms with E-state index in [1.165, 1.54) is 0 Å². The third-order valence-electron chi connectivity index (χ3n) is 9.37. The highest BCUT2D eigenvalue weighted by Gasteiger charge is 2.33. The van der Waals surface area contributed by atoms with Gasteiger partial charge in [0.25, 0.3) is 0 Å². The molecule has 1 atom stereocenters. The van der Waals surface area contributed by atoms with Crippen LogP contribution in [0.15, 0.2) is 91.0 Å². The summed E-state index contributed by atoms with van der Waals surface area (Å²) < 4.78 is 28.6. The van der Waals surface area contributed by atoms with Gasteiger partial charge in [-0.2, -0.15) is 0 Å². The summed E-state index contributed by atoms with van der Waals surface area (Å²) in [5.41, 5.74) is 0.916. The van der Waals surface area contributed by atoms with Crippen LogP contribution in [0.2, 0.25) is 0 Å². The van der Waals surface area contributed by atoms with Gasteiger partial charge < -0.3 is 33.5 Å². The van der Waals surface area contributed by atoms with E-state index in [9.17, 15) is 24.0 Å². The Balaban J connectivity index is 1.62. The first-order chi connectivity index (χ1) is 28.5. The van der Waals surface area contributed by atoms with Gasteiger partial charge in [-0.1, -0.05) is 91.0 Å². The van der Waals surface area contributed by atoms with Gasteiger partial charge in [0.2, 0.25) is 0 Å². The molecule has 0 saturated carbocycles. The van der Waals surface area contributed by atoms with Crippen LogP contribution in [0, 0.1) is 0 Å². The Morgan fingerprint density at radius 3 is 1.33 bits per heavy atom. The monoisotopic (exact) mass is 830 g/mol. The van der Waals surface area contributed by atoms with Crippen molar-refractivity contribution in [3.63, 3.8) is 0 Å². The van der Waals surface area contributed by atoms with Crippen molar-refractivity contribution in [1.29, 1.82) is 0 Å². The maximum atomic E-state index is 14.0. The summed E-state index contributed by atoms with van der Waals surface area (Å²) in [6.45, 7) is 12.1. The second-order valence-electron chi connectivity index (χ2n) is 16.7. The van der Waals surface area contributed by atoms with Crippen molar-refractivity contribution in [3.05, 3.63) is 108 Å². The SMILES string of the molecule is CC(C)(C)OC(=O)CN1CCN(C(=O)OCc2ccccc2)CCN(C(CCC(=O)OCc2ccccc2)C(=O)OC(C)(C)C)CCN(C(=O)OCc2ccccc2)CC1. The van der Waals surface area contributed by atoms with E-state index in [1.54, 1.807) is 51.3 Å². The molecule has 2 amide bonds. The van der Waals surface area contributed by atoms with Crippen molar-refractivity contribution < 1.29 is 47.7 Å². The fourth-order valence-electron chi connectivity index (χ4n) is 6.37. The molecule has 1 aliphatic heterocycles. The Morgan fingerprint density at radius 1 is 0.517 bits per heavy atom. The van der Waals surface area contributed by atoms with Gasteiger partial charge in [0.15, 0.2) is 0 Å². The van der Waals surface area contributed by atoms with Crippen molar-refractivity contribution in [2.75, 3.05) is 58.9 Å². The number of ether oxygens (including phenoxy) is 5. The van der Waals surface area contributed by atoms with Crippen LogP contribution in [0.1, 0.15) is 71.1 Å². The Labute approximate surface area is 354 Å². The van der Waals surface area contributed by atoms with Crippen LogP contribution in [0.25, 0.3) is 0 Å². The van der Waals surface area contributed by atoms with Crippen LogP contribution in [-0.2, 0) is 57.9 Å². The normalized spacial score (nSPS) is 15.4. The van der Waals surface area contributed by atoms with E-state index in [0.29, 0.717) is 0 Å². The molecule has 1 heterocycles. The Bertz CT molecular complexity index is 1730. The summed E-state index contributed by atoms with van der Waals surface area (Å²) in [7, 11) is 0. The molecule has 0 radical (unpaired) electrons. The first-order valence-electron chi connectivity index (χ1n) is 20.6. The predicted molar refractivity (Wildman–Crippen MR) is 225 cm³/mol. The number of rotatable bonds is 13. The molecule has 4 rings (SSSR count). The number of benzene rings is 3. The molecule has 326 valence electrons. The van der Waals surface area contributed by atoms with Gasteiger partial charge in [0, 0.05) is 58.8 Å². The Hall–Kier alpha value is -5.47. The average Bonchev–Trinajstić information content (AvgIpc) is 3.19. The maximum absolute atomic E-state index is 14.0. The summed E-state index contributed by atoms with van der Waals surface area (Å²) >= 11 is 0. The van der Waals surface area contributed by atoms with Gasteiger partial charge in [-0.15, -0.1) is 0 Å². The lowest BCUT2D eigenvalue weighted by Gasteiger charge is -2.37. The summed E-state index contributed by atoms with van der Waals surface area (Å²) in [6, 6.07) is 27.0. The third kappa shape index (κ3) is 17.8. The van der Waals surface area contributed by atoms with Crippen LogP contribution in [-0.4, -0.2) is 126 Å². The summed E-state index contributed by atoms with van der Waals surface area (Å²) in [4.78, 5) is 74.6. The molecule has 1 aliphatic rings. The number of hydrogen-bond acceptors (Lipinski definition) is 12. The number of carbonyl (C=O) groups excluding carboxylic acids is 5. The predicted octanol–water partition coefficient (Wildman–Crippen LogP) is 6.46. The second-order valence-corrected chi connectivity index (χ2v) is 16.7. The number of amides is 2. The standard InChI is InChI=1S/C46H62N4O10/c1-45(2,3)59-41(52)32-47-24-26-49(43(54)57-34-37-18-12-8-13-19-37)30-28-48(29-31-50(27-25-47)44(55)58-35-38-20-14-9-15-21-38)39(42(53)60-46(4,5)6)22-23-40(51)56-33-36-16-10-7-11-17-36/h7-21,39H,22-35H2,1-6H3. The Kier molecular flexibility index (Phi) is 18.4. The fraction of sp³-hybridized carbons (Fsp3) is 0.500. The smallest absolute Gasteiger partial charge is 0.410 e. The summed E-state index contributed by atoms with van der Waals surface area (Å²) in [5.74, 6) is -1.48. The van der Waals surface area contributed by atoms with E-state index in [-0.39, 0.29) is 91.6 Å². The van der Waals surface area contributed by atoms with Crippen molar-refractivity contribution in [2.24, 2.45) is 0 Å². The molecular weight excluding hydrogens is 769 g/mol. The number of esters is 3. The van der Waals surface area contributed by atoms with Gasteiger partial charge in [-0.3, -0.25) is 24.2 Å². The average molecular weight is 831 g/mol. The molecule has 60 heavy (non-hydrogen) atoms.